The van der Waals surface area contributed by atoms with E-state index in [2.05, 4.69) is 15.2 Å². The number of benzene rings is 3. The van der Waals surface area contributed by atoms with Crippen LogP contribution in [0.25, 0.3) is 22.0 Å². The second kappa shape index (κ2) is 8.13. The number of hydrogen-bond acceptors (Lipinski definition) is 7. The molecule has 3 N–H and O–H groups in total. The van der Waals surface area contributed by atoms with Gasteiger partial charge in [0.05, 0.1) is 24.7 Å². The lowest BCUT2D eigenvalue weighted by Crippen LogP contribution is -2.01. The zero-order valence-corrected chi connectivity index (χ0v) is 17.2. The van der Waals surface area contributed by atoms with E-state index in [1.54, 1.807) is 43.5 Å². The standard InChI is InChI=1S/C22H18N4O4S/c1-30-20-9-5-4-8-17(20)18-11-10-14(13-24-18)25-26-19-12-21(31(27,28)29)15-6-2-3-7-16(15)22(19)23/h2-13H,23H2,1H3,(H,27,28,29). The van der Waals surface area contributed by atoms with Crippen LogP contribution in [0.3, 0.4) is 0 Å². The molecule has 156 valence electrons. The number of rotatable bonds is 5. The molecule has 0 saturated heterocycles. The minimum Gasteiger partial charge on any atom is -0.496 e. The molecule has 0 aliphatic rings. The van der Waals surface area contributed by atoms with Crippen molar-refractivity contribution >= 4 is 38.0 Å². The third-order valence-electron chi connectivity index (χ3n) is 4.71. The van der Waals surface area contributed by atoms with Crippen LogP contribution in [0.15, 0.2) is 88.1 Å². The Morgan fingerprint density at radius 3 is 2.35 bits per heavy atom. The maximum Gasteiger partial charge on any atom is 0.295 e. The zero-order valence-electron chi connectivity index (χ0n) is 16.4. The van der Waals surface area contributed by atoms with Crippen molar-refractivity contribution in [1.29, 1.82) is 0 Å². The van der Waals surface area contributed by atoms with Crippen molar-refractivity contribution in [2.45, 2.75) is 4.90 Å². The largest absolute Gasteiger partial charge is 0.496 e. The summed E-state index contributed by atoms with van der Waals surface area (Å²) in [6, 6.07) is 18.8. The molecule has 4 rings (SSSR count). The number of fused-ring (bicyclic) bond motifs is 1. The number of aromatic nitrogens is 1. The maximum absolute atomic E-state index is 11.8. The van der Waals surface area contributed by atoms with E-state index in [4.69, 9.17) is 10.5 Å². The SMILES string of the molecule is COc1ccccc1-c1ccc(N=Nc2cc(S(=O)(=O)O)c3ccccc3c2N)cn1. The Morgan fingerprint density at radius 2 is 1.68 bits per heavy atom. The molecule has 0 atom stereocenters. The molecule has 0 fully saturated rings. The van der Waals surface area contributed by atoms with E-state index in [9.17, 15) is 13.0 Å². The number of hydrogen-bond donors (Lipinski definition) is 2. The highest BCUT2D eigenvalue weighted by Gasteiger charge is 2.18. The summed E-state index contributed by atoms with van der Waals surface area (Å²) >= 11 is 0. The van der Waals surface area contributed by atoms with E-state index in [1.807, 2.05) is 24.3 Å². The summed E-state index contributed by atoms with van der Waals surface area (Å²) in [6.45, 7) is 0. The Labute approximate surface area is 178 Å². The fraction of sp³-hybridized carbons (Fsp3) is 0.0455. The smallest absolute Gasteiger partial charge is 0.295 e. The van der Waals surface area contributed by atoms with E-state index in [1.165, 1.54) is 12.3 Å². The van der Waals surface area contributed by atoms with Crippen LogP contribution in [0, 0.1) is 0 Å². The highest BCUT2D eigenvalue weighted by Crippen LogP contribution is 2.37. The topological polar surface area (TPSA) is 127 Å². The van der Waals surface area contributed by atoms with Crippen LogP contribution >= 0.6 is 0 Å². The van der Waals surface area contributed by atoms with Gasteiger partial charge in [0.2, 0.25) is 0 Å². The summed E-state index contributed by atoms with van der Waals surface area (Å²) in [6.07, 6.45) is 1.53. The molecular weight excluding hydrogens is 416 g/mol. The molecular formula is C22H18N4O4S. The number of ether oxygens (including phenoxy) is 1. The van der Waals surface area contributed by atoms with Gasteiger partial charge in [-0.25, -0.2) is 0 Å². The van der Waals surface area contributed by atoms with E-state index in [0.29, 0.717) is 27.9 Å². The fourth-order valence-electron chi connectivity index (χ4n) is 3.22. The first kappa shape index (κ1) is 20.5. The van der Waals surface area contributed by atoms with Crippen molar-refractivity contribution in [2.75, 3.05) is 12.8 Å². The fourth-order valence-corrected chi connectivity index (χ4v) is 3.94. The molecule has 0 saturated carbocycles. The lowest BCUT2D eigenvalue weighted by Gasteiger charge is -2.09. The molecule has 0 aliphatic heterocycles. The lowest BCUT2D eigenvalue weighted by atomic mass is 10.1. The average molecular weight is 434 g/mol. The quantitative estimate of drug-likeness (QED) is 0.254. The van der Waals surface area contributed by atoms with Crippen LogP contribution in [-0.2, 0) is 10.1 Å². The number of para-hydroxylation sites is 1. The van der Waals surface area contributed by atoms with E-state index >= 15 is 0 Å². The molecule has 1 aromatic heterocycles. The summed E-state index contributed by atoms with van der Waals surface area (Å²) in [5, 5.41) is 8.98. The first-order valence-electron chi connectivity index (χ1n) is 9.18. The number of nitrogens with two attached hydrogens (primary N) is 1. The van der Waals surface area contributed by atoms with Crippen molar-refractivity contribution < 1.29 is 17.7 Å². The minimum atomic E-state index is -4.48. The van der Waals surface area contributed by atoms with Gasteiger partial charge in [-0.1, -0.05) is 36.4 Å². The molecule has 0 aliphatic carbocycles. The van der Waals surface area contributed by atoms with Crippen LogP contribution in [0.1, 0.15) is 0 Å². The average Bonchev–Trinajstić information content (AvgIpc) is 2.78. The summed E-state index contributed by atoms with van der Waals surface area (Å²) < 4.78 is 38.6. The van der Waals surface area contributed by atoms with Crippen LogP contribution in [-0.4, -0.2) is 25.1 Å². The molecule has 0 spiro atoms. The summed E-state index contributed by atoms with van der Waals surface area (Å²) in [4.78, 5) is 4.12. The molecule has 0 unspecified atom stereocenters. The first-order valence-corrected chi connectivity index (χ1v) is 10.6. The van der Waals surface area contributed by atoms with Crippen molar-refractivity contribution in [3.63, 3.8) is 0 Å². The molecule has 3 aromatic carbocycles. The number of anilines is 1. The number of pyridine rings is 1. The molecule has 31 heavy (non-hydrogen) atoms. The van der Waals surface area contributed by atoms with Gasteiger partial charge >= 0.3 is 0 Å². The molecule has 0 bridgehead atoms. The monoisotopic (exact) mass is 434 g/mol. The normalized spacial score (nSPS) is 11.8. The molecule has 0 amide bonds. The van der Waals surface area contributed by atoms with Gasteiger partial charge in [-0.3, -0.25) is 9.54 Å². The Morgan fingerprint density at radius 1 is 0.968 bits per heavy atom. The Bertz CT molecular complexity index is 1400. The van der Waals surface area contributed by atoms with Crippen LogP contribution in [0.2, 0.25) is 0 Å². The van der Waals surface area contributed by atoms with Crippen LogP contribution in [0.4, 0.5) is 17.1 Å². The summed E-state index contributed by atoms with van der Waals surface area (Å²) in [5.41, 5.74) is 8.53. The van der Waals surface area contributed by atoms with E-state index < -0.39 is 10.1 Å². The van der Waals surface area contributed by atoms with Gasteiger partial charge in [-0.15, -0.1) is 10.2 Å². The van der Waals surface area contributed by atoms with E-state index in [-0.39, 0.29) is 16.3 Å². The molecule has 8 nitrogen and oxygen atoms in total. The predicted octanol–water partition coefficient (Wildman–Crippen LogP) is 5.15. The lowest BCUT2D eigenvalue weighted by molar-refractivity contribution is 0.416. The van der Waals surface area contributed by atoms with Crippen molar-refractivity contribution in [3.05, 3.63) is 72.9 Å². The van der Waals surface area contributed by atoms with Crippen LogP contribution in [0.5, 0.6) is 5.75 Å². The van der Waals surface area contributed by atoms with Gasteiger partial charge in [0.25, 0.3) is 10.1 Å². The predicted molar refractivity (Wildman–Crippen MR) is 119 cm³/mol. The summed E-state index contributed by atoms with van der Waals surface area (Å²) in [5.74, 6) is 0.700. The number of azo groups is 1. The van der Waals surface area contributed by atoms with Gasteiger partial charge in [-0.2, -0.15) is 8.42 Å². The van der Waals surface area contributed by atoms with Crippen molar-refractivity contribution in [2.24, 2.45) is 10.2 Å². The second-order valence-electron chi connectivity index (χ2n) is 6.63. The number of nitrogen functional groups attached to an aromatic ring is 1. The third-order valence-corrected chi connectivity index (χ3v) is 5.60. The second-order valence-corrected chi connectivity index (χ2v) is 8.02. The van der Waals surface area contributed by atoms with Gasteiger partial charge in [0.15, 0.2) is 0 Å². The number of nitrogens with zero attached hydrogens (tertiary/aromatic N) is 3. The maximum atomic E-state index is 11.8. The highest BCUT2D eigenvalue weighted by molar-refractivity contribution is 7.86. The van der Waals surface area contributed by atoms with Crippen molar-refractivity contribution in [1.82, 2.24) is 4.98 Å². The van der Waals surface area contributed by atoms with Crippen LogP contribution < -0.4 is 10.5 Å². The first-order chi connectivity index (χ1) is 14.9. The Balaban J connectivity index is 1.71. The molecule has 4 aromatic rings. The third kappa shape index (κ3) is 4.09. The van der Waals surface area contributed by atoms with E-state index in [0.717, 1.165) is 5.56 Å². The Kier molecular flexibility index (Phi) is 5.37. The van der Waals surface area contributed by atoms with Gasteiger partial charge in [0, 0.05) is 16.3 Å². The highest BCUT2D eigenvalue weighted by atomic mass is 32.2. The Hall–Kier alpha value is -3.82. The van der Waals surface area contributed by atoms with Gasteiger partial charge in [0.1, 0.15) is 22.0 Å². The minimum absolute atomic E-state index is 0.125. The van der Waals surface area contributed by atoms with Gasteiger partial charge in [-0.05, 0) is 30.3 Å². The molecule has 1 heterocycles. The molecule has 9 heteroatoms. The number of methoxy groups -OCH3 is 1. The molecule has 0 radical (unpaired) electrons. The van der Waals surface area contributed by atoms with Crippen molar-refractivity contribution in [3.8, 4) is 17.0 Å². The zero-order chi connectivity index (χ0) is 22.0. The van der Waals surface area contributed by atoms with Gasteiger partial charge < -0.3 is 10.5 Å². The summed E-state index contributed by atoms with van der Waals surface area (Å²) in [7, 11) is -2.88.